The van der Waals surface area contributed by atoms with Crippen molar-refractivity contribution in [2.45, 2.75) is 65.0 Å². The molecule has 0 bridgehead atoms. The maximum atomic E-state index is 4.97. The molecule has 3 heterocycles. The number of piperidine rings is 1. The second-order valence-electron chi connectivity index (χ2n) is 8.50. The smallest absolute Gasteiger partial charge is 0.191 e. The fourth-order valence-corrected chi connectivity index (χ4v) is 4.55. The van der Waals surface area contributed by atoms with E-state index in [0.29, 0.717) is 0 Å². The Kier molecular flexibility index (Phi) is 11.2. The first-order valence-electron chi connectivity index (χ1n) is 11.2. The number of guanidine groups is 1. The summed E-state index contributed by atoms with van der Waals surface area (Å²) in [5.41, 5.74) is 0.0758. The maximum Gasteiger partial charge on any atom is 0.191 e. The Labute approximate surface area is 208 Å². The topological polar surface area (TPSA) is 70.4 Å². The van der Waals surface area contributed by atoms with Crippen LogP contribution in [0.5, 0.6) is 0 Å². The number of aromatic nitrogens is 3. The minimum atomic E-state index is 0. The Morgan fingerprint density at radius 1 is 1.19 bits per heavy atom. The van der Waals surface area contributed by atoms with Crippen molar-refractivity contribution in [2.24, 2.45) is 4.99 Å². The summed E-state index contributed by atoms with van der Waals surface area (Å²) in [6, 6.07) is 4.30. The van der Waals surface area contributed by atoms with Gasteiger partial charge in [-0.05, 0) is 57.6 Å². The summed E-state index contributed by atoms with van der Waals surface area (Å²) in [6.45, 7) is 12.4. The summed E-state index contributed by atoms with van der Waals surface area (Å²) in [5.74, 6) is 1.91. The van der Waals surface area contributed by atoms with Gasteiger partial charge >= 0.3 is 0 Å². The first kappa shape index (κ1) is 26.1. The normalized spacial score (nSPS) is 15.5. The molecule has 0 amide bonds. The number of rotatable bonds is 10. The van der Waals surface area contributed by atoms with E-state index in [-0.39, 0.29) is 29.5 Å². The van der Waals surface area contributed by atoms with E-state index in [2.05, 4.69) is 68.6 Å². The number of hydrogen-bond acceptors (Lipinski definition) is 5. The van der Waals surface area contributed by atoms with E-state index in [1.807, 2.05) is 11.3 Å². The standard InChI is InChI=1S/C22H37N7S.HI/c1-4-20-27-26-18-28(20)15-12-24-21(23-11-10-19-9-8-16-30-19)25-17-22(2,3)29-13-6-5-7-14-29;/h8-9,16,18H,4-7,10-15,17H2,1-3H3,(H2,23,24,25);1H. The molecular weight excluding hydrogens is 521 g/mol. The average molecular weight is 560 g/mol. The van der Waals surface area contributed by atoms with Crippen LogP contribution in [0.4, 0.5) is 0 Å². The minimum Gasteiger partial charge on any atom is -0.356 e. The molecule has 1 saturated heterocycles. The highest BCUT2D eigenvalue weighted by atomic mass is 127. The summed E-state index contributed by atoms with van der Waals surface area (Å²) in [5, 5.41) is 17.4. The van der Waals surface area contributed by atoms with E-state index in [9.17, 15) is 0 Å². The number of aryl methyl sites for hydroxylation is 1. The molecule has 31 heavy (non-hydrogen) atoms. The molecule has 1 aliphatic rings. The van der Waals surface area contributed by atoms with Crippen LogP contribution >= 0.6 is 35.3 Å². The van der Waals surface area contributed by atoms with Crippen LogP contribution in [-0.2, 0) is 19.4 Å². The van der Waals surface area contributed by atoms with E-state index in [0.717, 1.165) is 50.8 Å². The largest absolute Gasteiger partial charge is 0.356 e. The molecule has 1 fully saturated rings. The van der Waals surface area contributed by atoms with E-state index in [4.69, 9.17) is 4.99 Å². The molecular formula is C22H38IN7S. The number of nitrogens with one attached hydrogen (secondary N) is 2. The fraction of sp³-hybridized carbons (Fsp3) is 0.682. The van der Waals surface area contributed by atoms with Crippen LogP contribution in [0.2, 0.25) is 0 Å². The minimum absolute atomic E-state index is 0. The van der Waals surface area contributed by atoms with Gasteiger partial charge < -0.3 is 15.2 Å². The Balaban J connectivity index is 0.00000341. The zero-order valence-electron chi connectivity index (χ0n) is 19.1. The lowest BCUT2D eigenvalue weighted by atomic mass is 9.99. The van der Waals surface area contributed by atoms with E-state index in [1.165, 1.54) is 37.2 Å². The van der Waals surface area contributed by atoms with Crippen LogP contribution in [0.1, 0.15) is 50.7 Å². The third-order valence-electron chi connectivity index (χ3n) is 5.74. The molecule has 2 aromatic rings. The molecule has 2 N–H and O–H groups in total. The van der Waals surface area contributed by atoms with E-state index in [1.54, 1.807) is 6.33 Å². The number of nitrogens with zero attached hydrogens (tertiary/aromatic N) is 5. The second kappa shape index (κ2) is 13.4. The zero-order chi connectivity index (χ0) is 21.2. The molecule has 0 aliphatic carbocycles. The number of halogens is 1. The quantitative estimate of drug-likeness (QED) is 0.265. The summed E-state index contributed by atoms with van der Waals surface area (Å²) < 4.78 is 2.11. The first-order valence-corrected chi connectivity index (χ1v) is 12.1. The monoisotopic (exact) mass is 559 g/mol. The van der Waals surface area contributed by atoms with Gasteiger partial charge in [0.15, 0.2) is 5.96 Å². The lowest BCUT2D eigenvalue weighted by Crippen LogP contribution is -2.49. The first-order chi connectivity index (χ1) is 14.6. The van der Waals surface area contributed by atoms with Gasteiger partial charge in [-0.2, -0.15) is 0 Å². The molecule has 2 aromatic heterocycles. The molecule has 0 radical (unpaired) electrons. The van der Waals surface area contributed by atoms with Crippen molar-refractivity contribution in [3.8, 4) is 0 Å². The van der Waals surface area contributed by atoms with Gasteiger partial charge in [0.25, 0.3) is 0 Å². The van der Waals surface area contributed by atoms with Gasteiger partial charge in [0, 0.05) is 36.5 Å². The van der Waals surface area contributed by atoms with E-state index >= 15 is 0 Å². The number of thiophene rings is 1. The van der Waals surface area contributed by atoms with Crippen molar-refractivity contribution in [3.05, 3.63) is 34.5 Å². The lowest BCUT2D eigenvalue weighted by molar-refractivity contribution is 0.102. The highest BCUT2D eigenvalue weighted by Gasteiger charge is 2.27. The number of aliphatic imine (C=N–C) groups is 1. The Morgan fingerprint density at radius 2 is 1.97 bits per heavy atom. The SMILES string of the molecule is CCc1nncn1CCNC(=NCC(C)(C)N1CCCCC1)NCCc1cccs1.I. The van der Waals surface area contributed by atoms with Crippen molar-refractivity contribution in [1.82, 2.24) is 30.3 Å². The van der Waals surface area contributed by atoms with Crippen LogP contribution in [0.3, 0.4) is 0 Å². The van der Waals surface area contributed by atoms with Gasteiger partial charge in [0.05, 0.1) is 6.54 Å². The van der Waals surface area contributed by atoms with Crippen LogP contribution in [-0.4, -0.2) is 63.9 Å². The van der Waals surface area contributed by atoms with Gasteiger partial charge in [-0.15, -0.1) is 45.5 Å². The van der Waals surface area contributed by atoms with Crippen molar-refractivity contribution in [3.63, 3.8) is 0 Å². The van der Waals surface area contributed by atoms with Gasteiger partial charge in [-0.25, -0.2) is 0 Å². The Morgan fingerprint density at radius 3 is 2.68 bits per heavy atom. The number of likely N-dealkylation sites (tertiary alicyclic amines) is 1. The van der Waals surface area contributed by atoms with Crippen molar-refractivity contribution < 1.29 is 0 Å². The molecule has 3 rings (SSSR count). The Bertz CT molecular complexity index is 767. The van der Waals surface area contributed by atoms with Crippen molar-refractivity contribution in [1.29, 1.82) is 0 Å². The molecule has 0 aromatic carbocycles. The summed E-state index contributed by atoms with van der Waals surface area (Å²) in [6.07, 6.45) is 7.67. The summed E-state index contributed by atoms with van der Waals surface area (Å²) in [7, 11) is 0. The summed E-state index contributed by atoms with van der Waals surface area (Å²) in [4.78, 5) is 8.95. The van der Waals surface area contributed by atoms with Gasteiger partial charge in [-0.3, -0.25) is 9.89 Å². The molecule has 1 aliphatic heterocycles. The lowest BCUT2D eigenvalue weighted by Gasteiger charge is -2.40. The fourth-order valence-electron chi connectivity index (χ4n) is 3.84. The van der Waals surface area contributed by atoms with Crippen molar-refractivity contribution >= 4 is 41.3 Å². The zero-order valence-corrected chi connectivity index (χ0v) is 22.3. The van der Waals surface area contributed by atoms with Crippen LogP contribution in [0.15, 0.2) is 28.8 Å². The molecule has 0 unspecified atom stereocenters. The van der Waals surface area contributed by atoms with Crippen LogP contribution in [0, 0.1) is 0 Å². The van der Waals surface area contributed by atoms with Gasteiger partial charge in [-0.1, -0.05) is 19.4 Å². The molecule has 9 heteroatoms. The predicted molar refractivity (Wildman–Crippen MR) is 141 cm³/mol. The number of hydrogen-bond donors (Lipinski definition) is 2. The third kappa shape index (κ3) is 8.34. The third-order valence-corrected chi connectivity index (χ3v) is 6.67. The highest BCUT2D eigenvalue weighted by molar-refractivity contribution is 14.0. The van der Waals surface area contributed by atoms with Gasteiger partial charge in [0.2, 0.25) is 0 Å². The highest BCUT2D eigenvalue weighted by Crippen LogP contribution is 2.20. The van der Waals surface area contributed by atoms with Crippen LogP contribution in [0.25, 0.3) is 0 Å². The summed E-state index contributed by atoms with van der Waals surface area (Å²) >= 11 is 1.81. The van der Waals surface area contributed by atoms with Crippen LogP contribution < -0.4 is 10.6 Å². The Hall–Kier alpha value is -1.20. The maximum absolute atomic E-state index is 4.97. The molecule has 0 saturated carbocycles. The van der Waals surface area contributed by atoms with Gasteiger partial charge in [0.1, 0.15) is 12.2 Å². The molecule has 7 nitrogen and oxygen atoms in total. The molecule has 0 atom stereocenters. The average Bonchev–Trinajstić information content (AvgIpc) is 3.44. The van der Waals surface area contributed by atoms with Crippen molar-refractivity contribution in [2.75, 3.05) is 32.7 Å². The van der Waals surface area contributed by atoms with E-state index < -0.39 is 0 Å². The predicted octanol–water partition coefficient (Wildman–Crippen LogP) is 3.56. The molecule has 0 spiro atoms. The second-order valence-corrected chi connectivity index (χ2v) is 9.53. The molecule has 174 valence electrons.